The largest absolute Gasteiger partial charge is 0.349 e. The Balaban J connectivity index is 2.48. The summed E-state index contributed by atoms with van der Waals surface area (Å²) in [7, 11) is 0. The van der Waals surface area contributed by atoms with Gasteiger partial charge in [0.15, 0.2) is 5.65 Å². The number of aromatic nitrogens is 4. The predicted molar refractivity (Wildman–Crippen MR) is 55.0 cm³/mol. The molecule has 2 aromatic heterocycles. The van der Waals surface area contributed by atoms with Crippen molar-refractivity contribution in [1.29, 1.82) is 0 Å². The molecule has 0 saturated heterocycles. The van der Waals surface area contributed by atoms with Crippen molar-refractivity contribution in [2.45, 2.75) is 32.6 Å². The monoisotopic (exact) mass is 204 g/mol. The van der Waals surface area contributed by atoms with Gasteiger partial charge in [-0.2, -0.15) is 5.10 Å². The van der Waals surface area contributed by atoms with Crippen molar-refractivity contribution in [3.63, 3.8) is 0 Å². The molecule has 3 rings (SSSR count). The zero-order valence-corrected chi connectivity index (χ0v) is 8.58. The second-order valence-corrected chi connectivity index (χ2v) is 3.85. The maximum Gasteiger partial charge on any atom is 0.349 e. The van der Waals surface area contributed by atoms with Crippen LogP contribution in [-0.4, -0.2) is 19.6 Å². The number of hydrogen-bond acceptors (Lipinski definition) is 3. The third kappa shape index (κ3) is 1.06. The van der Waals surface area contributed by atoms with Gasteiger partial charge in [0.05, 0.1) is 0 Å². The highest BCUT2D eigenvalue weighted by Crippen LogP contribution is 2.23. The van der Waals surface area contributed by atoms with Crippen molar-refractivity contribution >= 4 is 5.65 Å². The van der Waals surface area contributed by atoms with Gasteiger partial charge in [0.25, 0.3) is 0 Å². The average molecular weight is 204 g/mol. The molecule has 1 N–H and O–H groups in total. The van der Waals surface area contributed by atoms with Gasteiger partial charge in [-0.05, 0) is 19.3 Å². The van der Waals surface area contributed by atoms with Gasteiger partial charge in [-0.25, -0.2) is 19.3 Å². The van der Waals surface area contributed by atoms with E-state index >= 15 is 0 Å². The van der Waals surface area contributed by atoms with E-state index in [1.54, 1.807) is 4.40 Å². The fraction of sp³-hybridized carbons (Fsp3) is 0.500. The van der Waals surface area contributed by atoms with E-state index in [4.69, 9.17) is 0 Å². The Kier molecular flexibility index (Phi) is 1.68. The SMILES string of the molecule is CCc1nc2c(c3n[nH]c(=O)n13)CCC2. The maximum absolute atomic E-state index is 11.6. The van der Waals surface area contributed by atoms with Crippen LogP contribution in [0.1, 0.15) is 30.4 Å². The van der Waals surface area contributed by atoms with Gasteiger partial charge in [0.1, 0.15) is 5.82 Å². The molecule has 0 amide bonds. The van der Waals surface area contributed by atoms with E-state index in [-0.39, 0.29) is 5.69 Å². The summed E-state index contributed by atoms with van der Waals surface area (Å²) in [6.07, 6.45) is 3.87. The van der Waals surface area contributed by atoms with Crippen LogP contribution in [0, 0.1) is 0 Å². The van der Waals surface area contributed by atoms with Crippen LogP contribution in [-0.2, 0) is 19.3 Å². The number of aromatic amines is 1. The first-order valence-electron chi connectivity index (χ1n) is 5.29. The van der Waals surface area contributed by atoms with Crippen LogP contribution in [0.4, 0.5) is 0 Å². The molecule has 1 aliphatic carbocycles. The van der Waals surface area contributed by atoms with Crippen molar-refractivity contribution in [3.8, 4) is 0 Å². The first-order chi connectivity index (χ1) is 7.31. The van der Waals surface area contributed by atoms with E-state index in [1.165, 1.54) is 0 Å². The fourth-order valence-corrected chi connectivity index (χ4v) is 2.27. The standard InChI is InChI=1S/C10H12N4O/c1-2-8-11-7-5-3-4-6(7)9-12-13-10(15)14(8)9/h2-5H2,1H3,(H,13,15). The van der Waals surface area contributed by atoms with Crippen molar-refractivity contribution in [1.82, 2.24) is 19.6 Å². The van der Waals surface area contributed by atoms with Gasteiger partial charge >= 0.3 is 5.69 Å². The summed E-state index contributed by atoms with van der Waals surface area (Å²) in [5.74, 6) is 0.810. The Hall–Kier alpha value is -1.65. The Labute approximate surface area is 86.2 Å². The highest BCUT2D eigenvalue weighted by atomic mass is 16.1. The average Bonchev–Trinajstić information content (AvgIpc) is 2.83. The number of H-pyrrole nitrogens is 1. The van der Waals surface area contributed by atoms with Gasteiger partial charge in [0.2, 0.25) is 0 Å². The van der Waals surface area contributed by atoms with Crippen molar-refractivity contribution in [2.75, 3.05) is 0 Å². The van der Waals surface area contributed by atoms with Gasteiger partial charge in [-0.15, -0.1) is 0 Å². The number of nitrogens with zero attached hydrogens (tertiary/aromatic N) is 3. The van der Waals surface area contributed by atoms with Crippen LogP contribution in [0.5, 0.6) is 0 Å². The normalized spacial score (nSPS) is 14.7. The number of hydrogen-bond donors (Lipinski definition) is 1. The minimum absolute atomic E-state index is 0.177. The highest BCUT2D eigenvalue weighted by Gasteiger charge is 2.20. The topological polar surface area (TPSA) is 63.0 Å². The zero-order valence-electron chi connectivity index (χ0n) is 8.58. The highest BCUT2D eigenvalue weighted by molar-refractivity contribution is 5.51. The lowest BCUT2D eigenvalue weighted by Gasteiger charge is -2.04. The first-order valence-corrected chi connectivity index (χ1v) is 5.29. The molecule has 5 nitrogen and oxygen atoms in total. The van der Waals surface area contributed by atoms with E-state index in [9.17, 15) is 4.79 Å². The Morgan fingerprint density at radius 1 is 1.47 bits per heavy atom. The Morgan fingerprint density at radius 2 is 2.33 bits per heavy atom. The molecule has 1 aliphatic rings. The molecule has 0 bridgehead atoms. The molecule has 0 saturated carbocycles. The minimum Gasteiger partial charge on any atom is -0.246 e. The lowest BCUT2D eigenvalue weighted by atomic mass is 10.2. The van der Waals surface area contributed by atoms with E-state index in [0.29, 0.717) is 0 Å². The van der Waals surface area contributed by atoms with Gasteiger partial charge in [0, 0.05) is 17.7 Å². The van der Waals surface area contributed by atoms with E-state index in [2.05, 4.69) is 15.2 Å². The summed E-state index contributed by atoms with van der Waals surface area (Å²) in [6.45, 7) is 2.00. The lowest BCUT2D eigenvalue weighted by molar-refractivity contribution is 0.838. The number of rotatable bonds is 1. The van der Waals surface area contributed by atoms with Crippen molar-refractivity contribution in [3.05, 3.63) is 27.6 Å². The molecular weight excluding hydrogens is 192 g/mol. The van der Waals surface area contributed by atoms with Crippen LogP contribution in [0.25, 0.3) is 5.65 Å². The minimum atomic E-state index is -0.177. The molecule has 2 aromatic rings. The number of aryl methyl sites for hydroxylation is 3. The molecule has 0 fully saturated rings. The zero-order chi connectivity index (χ0) is 10.4. The summed E-state index contributed by atoms with van der Waals surface area (Å²) >= 11 is 0. The molecule has 0 atom stereocenters. The van der Waals surface area contributed by atoms with Gasteiger partial charge in [-0.1, -0.05) is 6.92 Å². The van der Waals surface area contributed by atoms with Gasteiger partial charge in [-0.3, -0.25) is 0 Å². The first kappa shape index (κ1) is 8.64. The molecule has 0 unspecified atom stereocenters. The van der Waals surface area contributed by atoms with E-state index < -0.39 is 0 Å². The second-order valence-electron chi connectivity index (χ2n) is 3.85. The van der Waals surface area contributed by atoms with Crippen LogP contribution >= 0.6 is 0 Å². The summed E-state index contributed by atoms with van der Waals surface area (Å²) in [5.41, 5.74) is 2.87. The molecule has 0 radical (unpaired) electrons. The second kappa shape index (κ2) is 2.92. The summed E-state index contributed by atoms with van der Waals surface area (Å²) in [5, 5.41) is 6.58. The molecule has 0 aromatic carbocycles. The third-order valence-electron chi connectivity index (χ3n) is 2.97. The van der Waals surface area contributed by atoms with E-state index in [0.717, 1.165) is 48.4 Å². The summed E-state index contributed by atoms with van der Waals surface area (Å²) in [4.78, 5) is 16.1. The fourth-order valence-electron chi connectivity index (χ4n) is 2.27. The molecule has 2 heterocycles. The molecule has 0 spiro atoms. The number of fused-ring (bicyclic) bond motifs is 3. The van der Waals surface area contributed by atoms with Crippen LogP contribution in [0.2, 0.25) is 0 Å². The molecule has 0 aliphatic heterocycles. The van der Waals surface area contributed by atoms with E-state index in [1.807, 2.05) is 6.92 Å². The smallest absolute Gasteiger partial charge is 0.246 e. The Morgan fingerprint density at radius 3 is 3.13 bits per heavy atom. The van der Waals surface area contributed by atoms with Crippen molar-refractivity contribution < 1.29 is 0 Å². The molecule has 15 heavy (non-hydrogen) atoms. The lowest BCUT2D eigenvalue weighted by Crippen LogP contribution is -2.16. The Bertz CT molecular complexity index is 581. The van der Waals surface area contributed by atoms with Crippen LogP contribution in [0.3, 0.4) is 0 Å². The summed E-state index contributed by atoms with van der Waals surface area (Å²) in [6, 6.07) is 0. The van der Waals surface area contributed by atoms with Crippen molar-refractivity contribution in [2.24, 2.45) is 0 Å². The quantitative estimate of drug-likeness (QED) is 0.734. The molecular formula is C10H12N4O. The molecule has 5 heteroatoms. The van der Waals surface area contributed by atoms with Gasteiger partial charge < -0.3 is 0 Å². The van der Waals surface area contributed by atoms with Crippen LogP contribution in [0.15, 0.2) is 4.79 Å². The van der Waals surface area contributed by atoms with Crippen LogP contribution < -0.4 is 5.69 Å². The predicted octanol–water partition coefficient (Wildman–Crippen LogP) is 0.469. The third-order valence-corrected chi connectivity index (χ3v) is 2.97. The maximum atomic E-state index is 11.6. The number of nitrogens with one attached hydrogen (secondary N) is 1. The summed E-state index contributed by atoms with van der Waals surface area (Å²) < 4.78 is 1.60. The molecule has 78 valence electrons.